The van der Waals surface area contributed by atoms with Gasteiger partial charge in [-0.3, -0.25) is 9.89 Å². The van der Waals surface area contributed by atoms with Crippen molar-refractivity contribution in [2.45, 2.75) is 26.8 Å². The minimum atomic E-state index is -0.281. The molecule has 2 aromatic rings. The number of aromatic amines is 1. The summed E-state index contributed by atoms with van der Waals surface area (Å²) in [5, 5.41) is 6.85. The van der Waals surface area contributed by atoms with Crippen LogP contribution in [-0.2, 0) is 0 Å². The molecule has 1 amide bonds. The molecule has 0 bridgehead atoms. The molecule has 0 saturated carbocycles. The number of carbonyl (C=O) groups is 1. The van der Waals surface area contributed by atoms with Crippen LogP contribution in [0.15, 0.2) is 24.3 Å². The van der Waals surface area contributed by atoms with Gasteiger partial charge in [-0.25, -0.2) is 4.39 Å². The van der Waals surface area contributed by atoms with Crippen molar-refractivity contribution in [3.63, 3.8) is 0 Å². The van der Waals surface area contributed by atoms with Gasteiger partial charge >= 0.3 is 0 Å². The van der Waals surface area contributed by atoms with Crippen molar-refractivity contribution in [3.05, 3.63) is 52.6 Å². The fraction of sp³-hybridized carbons (Fsp3) is 0.333. The number of amides is 1. The third-order valence-electron chi connectivity index (χ3n) is 3.60. The summed E-state index contributed by atoms with van der Waals surface area (Å²) in [6.45, 7) is 5.53. The summed E-state index contributed by atoms with van der Waals surface area (Å²) in [6, 6.07) is 6.05. The van der Waals surface area contributed by atoms with E-state index in [2.05, 4.69) is 10.2 Å². The average Bonchev–Trinajstić information content (AvgIpc) is 2.76. The number of aromatic nitrogens is 2. The molecule has 2 rings (SSSR count). The smallest absolute Gasteiger partial charge is 0.257 e. The minimum Gasteiger partial charge on any atom is -0.335 e. The van der Waals surface area contributed by atoms with Gasteiger partial charge in [0.25, 0.3) is 5.91 Å². The number of nitrogens with zero attached hydrogens (tertiary/aromatic N) is 2. The molecule has 1 aromatic heterocycles. The average molecular weight is 275 g/mol. The van der Waals surface area contributed by atoms with E-state index in [1.807, 2.05) is 13.8 Å². The molecule has 0 fully saturated rings. The van der Waals surface area contributed by atoms with E-state index in [0.29, 0.717) is 11.3 Å². The number of rotatable bonds is 3. The molecule has 1 heterocycles. The zero-order valence-corrected chi connectivity index (χ0v) is 12.1. The first-order chi connectivity index (χ1) is 9.41. The summed E-state index contributed by atoms with van der Waals surface area (Å²) in [7, 11) is 1.74. The maximum atomic E-state index is 12.9. The SMILES string of the molecule is Cc1n[nH]c(C)c1C(=O)N(C)C(C)c1ccc(F)cc1. The lowest BCUT2D eigenvalue weighted by Crippen LogP contribution is -2.30. The maximum absolute atomic E-state index is 12.9. The molecule has 5 heteroatoms. The fourth-order valence-corrected chi connectivity index (χ4v) is 2.18. The summed E-state index contributed by atoms with van der Waals surface area (Å²) in [5.74, 6) is -0.373. The molecule has 1 atom stereocenters. The fourth-order valence-electron chi connectivity index (χ4n) is 2.18. The largest absolute Gasteiger partial charge is 0.335 e. The van der Waals surface area contributed by atoms with Gasteiger partial charge in [-0.05, 0) is 38.5 Å². The third-order valence-corrected chi connectivity index (χ3v) is 3.60. The van der Waals surface area contributed by atoms with Crippen molar-refractivity contribution in [2.75, 3.05) is 7.05 Å². The lowest BCUT2D eigenvalue weighted by atomic mass is 10.1. The van der Waals surface area contributed by atoms with Gasteiger partial charge in [-0.15, -0.1) is 0 Å². The van der Waals surface area contributed by atoms with E-state index in [1.54, 1.807) is 31.0 Å². The van der Waals surface area contributed by atoms with Crippen molar-refractivity contribution >= 4 is 5.91 Å². The summed E-state index contributed by atoms with van der Waals surface area (Å²) >= 11 is 0. The van der Waals surface area contributed by atoms with Crippen LogP contribution in [0.4, 0.5) is 4.39 Å². The third kappa shape index (κ3) is 2.57. The van der Waals surface area contributed by atoms with E-state index in [9.17, 15) is 9.18 Å². The second-order valence-corrected chi connectivity index (χ2v) is 4.95. The molecular formula is C15H18FN3O. The van der Waals surface area contributed by atoms with Gasteiger partial charge < -0.3 is 4.90 Å². The summed E-state index contributed by atoms with van der Waals surface area (Å²) in [5.41, 5.74) is 2.93. The van der Waals surface area contributed by atoms with E-state index >= 15 is 0 Å². The van der Waals surface area contributed by atoms with Crippen LogP contribution < -0.4 is 0 Å². The van der Waals surface area contributed by atoms with Crippen molar-refractivity contribution in [2.24, 2.45) is 0 Å². The van der Waals surface area contributed by atoms with Crippen molar-refractivity contribution in [1.82, 2.24) is 15.1 Å². The number of carbonyl (C=O) groups excluding carboxylic acids is 1. The van der Waals surface area contributed by atoms with Crippen LogP contribution in [-0.4, -0.2) is 28.1 Å². The number of nitrogens with one attached hydrogen (secondary N) is 1. The van der Waals surface area contributed by atoms with E-state index in [-0.39, 0.29) is 17.8 Å². The number of hydrogen-bond acceptors (Lipinski definition) is 2. The predicted octanol–water partition coefficient (Wildman–Crippen LogP) is 3.00. The molecule has 1 unspecified atom stereocenters. The highest BCUT2D eigenvalue weighted by Gasteiger charge is 2.23. The highest BCUT2D eigenvalue weighted by molar-refractivity contribution is 5.96. The first-order valence-electron chi connectivity index (χ1n) is 6.46. The second kappa shape index (κ2) is 5.45. The van der Waals surface area contributed by atoms with Crippen LogP contribution in [0.3, 0.4) is 0 Å². The van der Waals surface area contributed by atoms with Crippen LogP contribution in [0.1, 0.15) is 40.3 Å². The Balaban J connectivity index is 2.24. The van der Waals surface area contributed by atoms with E-state index in [1.165, 1.54) is 12.1 Å². The normalized spacial score (nSPS) is 12.2. The van der Waals surface area contributed by atoms with E-state index < -0.39 is 0 Å². The van der Waals surface area contributed by atoms with Crippen molar-refractivity contribution < 1.29 is 9.18 Å². The standard InChI is InChI=1S/C15H18FN3O/c1-9-14(10(2)18-17-9)15(20)19(4)11(3)12-5-7-13(16)8-6-12/h5-8,11H,1-4H3,(H,17,18). The van der Waals surface area contributed by atoms with Gasteiger partial charge in [0.15, 0.2) is 0 Å². The first-order valence-corrected chi connectivity index (χ1v) is 6.46. The van der Waals surface area contributed by atoms with E-state index in [0.717, 1.165) is 11.3 Å². The predicted molar refractivity (Wildman–Crippen MR) is 75.0 cm³/mol. The highest BCUT2D eigenvalue weighted by Crippen LogP contribution is 2.22. The van der Waals surface area contributed by atoms with Crippen LogP contribution in [0.2, 0.25) is 0 Å². The number of halogens is 1. The molecule has 4 nitrogen and oxygen atoms in total. The van der Waals surface area contributed by atoms with Gasteiger partial charge in [-0.1, -0.05) is 12.1 Å². The van der Waals surface area contributed by atoms with Crippen molar-refractivity contribution in [1.29, 1.82) is 0 Å². The van der Waals surface area contributed by atoms with Gasteiger partial charge in [0, 0.05) is 12.7 Å². The minimum absolute atomic E-state index is 0.0921. The van der Waals surface area contributed by atoms with Crippen LogP contribution in [0.5, 0.6) is 0 Å². The number of aryl methyl sites for hydroxylation is 2. The topological polar surface area (TPSA) is 49.0 Å². The Kier molecular flexibility index (Phi) is 3.88. The first kappa shape index (κ1) is 14.2. The molecule has 0 aliphatic carbocycles. The highest BCUT2D eigenvalue weighted by atomic mass is 19.1. The zero-order chi connectivity index (χ0) is 14.9. The summed E-state index contributed by atoms with van der Waals surface area (Å²) < 4.78 is 12.9. The van der Waals surface area contributed by atoms with Crippen LogP contribution >= 0.6 is 0 Å². The molecule has 0 saturated heterocycles. The van der Waals surface area contributed by atoms with E-state index in [4.69, 9.17) is 0 Å². The Morgan fingerprint density at radius 2 is 1.90 bits per heavy atom. The van der Waals surface area contributed by atoms with Crippen molar-refractivity contribution in [3.8, 4) is 0 Å². The Bertz CT molecular complexity index is 599. The molecule has 0 aliphatic heterocycles. The van der Waals surface area contributed by atoms with Gasteiger partial charge in [0.2, 0.25) is 0 Å². The van der Waals surface area contributed by atoms with Gasteiger partial charge in [0.05, 0.1) is 17.3 Å². The molecule has 0 radical (unpaired) electrons. The molecule has 1 aromatic carbocycles. The summed E-state index contributed by atoms with van der Waals surface area (Å²) in [6.07, 6.45) is 0. The van der Waals surface area contributed by atoms with Gasteiger partial charge in [0.1, 0.15) is 5.82 Å². The number of benzene rings is 1. The quantitative estimate of drug-likeness (QED) is 0.936. The van der Waals surface area contributed by atoms with Gasteiger partial charge in [-0.2, -0.15) is 5.10 Å². The number of H-pyrrole nitrogens is 1. The number of hydrogen-bond donors (Lipinski definition) is 1. The van der Waals surface area contributed by atoms with Crippen LogP contribution in [0, 0.1) is 19.7 Å². The van der Waals surface area contributed by atoms with Crippen LogP contribution in [0.25, 0.3) is 0 Å². The molecule has 20 heavy (non-hydrogen) atoms. The Labute approximate surface area is 117 Å². The lowest BCUT2D eigenvalue weighted by Gasteiger charge is -2.25. The Morgan fingerprint density at radius 3 is 2.40 bits per heavy atom. The monoisotopic (exact) mass is 275 g/mol. The molecule has 1 N–H and O–H groups in total. The summed E-state index contributed by atoms with van der Waals surface area (Å²) in [4.78, 5) is 14.2. The second-order valence-electron chi connectivity index (χ2n) is 4.95. The zero-order valence-electron chi connectivity index (χ0n) is 12.1. The molecule has 0 spiro atoms. The maximum Gasteiger partial charge on any atom is 0.257 e. The molecule has 0 aliphatic rings. The Hall–Kier alpha value is -2.17. The Morgan fingerprint density at radius 1 is 1.30 bits per heavy atom. The lowest BCUT2D eigenvalue weighted by molar-refractivity contribution is 0.0741. The molecular weight excluding hydrogens is 257 g/mol. The molecule has 106 valence electrons.